The molecule has 0 bridgehead atoms. The van der Waals surface area contributed by atoms with Gasteiger partial charge in [-0.1, -0.05) is 51.9 Å². The van der Waals surface area contributed by atoms with Gasteiger partial charge in [0, 0.05) is 21.3 Å². The van der Waals surface area contributed by atoms with E-state index in [0.717, 1.165) is 12.8 Å². The third kappa shape index (κ3) is 6.34. The maximum atomic E-state index is 11.6. The molecule has 1 atom stereocenters. The summed E-state index contributed by atoms with van der Waals surface area (Å²) in [6, 6.07) is 0. The second-order valence-corrected chi connectivity index (χ2v) is 8.21. The molecule has 0 aliphatic heterocycles. The number of nitrogens with two attached hydrogens (primary N) is 1. The van der Waals surface area contributed by atoms with Crippen molar-refractivity contribution in [2.75, 3.05) is 21.3 Å². The summed E-state index contributed by atoms with van der Waals surface area (Å²) >= 11 is 0. The average molecular weight is 305 g/mol. The molecule has 0 aromatic rings. The predicted molar refractivity (Wildman–Crippen MR) is 82.3 cm³/mol. The van der Waals surface area contributed by atoms with Gasteiger partial charge in [0.15, 0.2) is 0 Å². The Kier molecular flexibility index (Phi) is 11.0. The predicted octanol–water partition coefficient (Wildman–Crippen LogP) is 2.86. The van der Waals surface area contributed by atoms with Crippen LogP contribution in [0.5, 0.6) is 0 Å². The zero-order chi connectivity index (χ0) is 15.4. The van der Waals surface area contributed by atoms with Crippen molar-refractivity contribution in [1.29, 1.82) is 0 Å². The van der Waals surface area contributed by atoms with Crippen LogP contribution >= 0.6 is 0 Å². The van der Waals surface area contributed by atoms with Gasteiger partial charge >= 0.3 is 8.80 Å². The molecule has 0 rings (SSSR count). The van der Waals surface area contributed by atoms with Gasteiger partial charge in [-0.3, -0.25) is 4.79 Å². The number of hydrogen-bond acceptors (Lipinski definition) is 4. The third-order valence-corrected chi connectivity index (χ3v) is 6.85. The SMILES string of the molecule is CCCCCCCCCC(C(N)=O)[Si](OC)(OC)OC. The van der Waals surface area contributed by atoms with E-state index < -0.39 is 20.3 Å². The van der Waals surface area contributed by atoms with Gasteiger partial charge in [0.2, 0.25) is 5.91 Å². The molecule has 0 aliphatic rings. The van der Waals surface area contributed by atoms with Crippen molar-refractivity contribution in [1.82, 2.24) is 0 Å². The Bertz CT molecular complexity index is 251. The molecule has 1 amide bonds. The summed E-state index contributed by atoms with van der Waals surface area (Å²) in [4.78, 5) is 11.6. The van der Waals surface area contributed by atoms with E-state index in [1.165, 1.54) is 53.4 Å². The maximum absolute atomic E-state index is 11.6. The topological polar surface area (TPSA) is 70.8 Å². The van der Waals surface area contributed by atoms with Crippen molar-refractivity contribution < 1.29 is 18.1 Å². The first-order chi connectivity index (χ1) is 9.57. The summed E-state index contributed by atoms with van der Waals surface area (Å²) in [6.45, 7) is 2.21. The van der Waals surface area contributed by atoms with Crippen LogP contribution in [0.25, 0.3) is 0 Å². The van der Waals surface area contributed by atoms with Crippen molar-refractivity contribution in [3.05, 3.63) is 0 Å². The molecule has 1 unspecified atom stereocenters. The standard InChI is InChI=1S/C14H31NO4Si/c1-5-6-7-8-9-10-11-12-13(14(15)16)20(17-2,18-3)19-4/h13H,5-12H2,1-4H3,(H2,15,16). The van der Waals surface area contributed by atoms with Crippen molar-refractivity contribution in [3.8, 4) is 0 Å². The molecule has 120 valence electrons. The first kappa shape index (κ1) is 19.6. The molecule has 0 saturated carbocycles. The highest BCUT2D eigenvalue weighted by molar-refractivity contribution is 6.66. The van der Waals surface area contributed by atoms with Gasteiger partial charge in [-0.2, -0.15) is 0 Å². The van der Waals surface area contributed by atoms with Gasteiger partial charge in [-0.05, 0) is 6.42 Å². The van der Waals surface area contributed by atoms with Crippen LogP contribution in [-0.2, 0) is 18.1 Å². The number of hydrogen-bond donors (Lipinski definition) is 1. The molecule has 5 nitrogen and oxygen atoms in total. The van der Waals surface area contributed by atoms with Gasteiger partial charge in [0.05, 0.1) is 0 Å². The van der Waals surface area contributed by atoms with Crippen LogP contribution in [0.15, 0.2) is 0 Å². The lowest BCUT2D eigenvalue weighted by molar-refractivity contribution is -0.119. The molecule has 0 fully saturated rings. The van der Waals surface area contributed by atoms with Crippen LogP contribution in [-0.4, -0.2) is 36.0 Å². The Balaban J connectivity index is 4.19. The number of carbonyl (C=O) groups is 1. The molecule has 0 aromatic carbocycles. The highest BCUT2D eigenvalue weighted by Crippen LogP contribution is 2.29. The number of amides is 1. The Morgan fingerprint density at radius 2 is 1.40 bits per heavy atom. The normalized spacial score (nSPS) is 13.4. The molecular weight excluding hydrogens is 274 g/mol. The molecule has 0 spiro atoms. The van der Waals surface area contributed by atoms with Gasteiger partial charge < -0.3 is 19.0 Å². The van der Waals surface area contributed by atoms with E-state index in [9.17, 15) is 4.79 Å². The van der Waals surface area contributed by atoms with Gasteiger partial charge in [-0.25, -0.2) is 0 Å². The molecule has 20 heavy (non-hydrogen) atoms. The van der Waals surface area contributed by atoms with E-state index >= 15 is 0 Å². The zero-order valence-corrected chi connectivity index (χ0v) is 14.4. The molecule has 2 N–H and O–H groups in total. The second kappa shape index (κ2) is 11.3. The van der Waals surface area contributed by atoms with Gasteiger partial charge in [0.25, 0.3) is 0 Å². The van der Waals surface area contributed by atoms with Crippen LogP contribution in [0.2, 0.25) is 5.54 Å². The quantitative estimate of drug-likeness (QED) is 0.419. The Hall–Kier alpha value is -0.433. The number of unbranched alkanes of at least 4 members (excludes halogenated alkanes) is 6. The monoisotopic (exact) mass is 305 g/mol. The lowest BCUT2D eigenvalue weighted by atomic mass is 10.1. The Morgan fingerprint density at radius 3 is 1.80 bits per heavy atom. The summed E-state index contributed by atoms with van der Waals surface area (Å²) in [5.41, 5.74) is 5.03. The lowest BCUT2D eigenvalue weighted by Gasteiger charge is -2.30. The second-order valence-electron chi connectivity index (χ2n) is 5.08. The fourth-order valence-corrected chi connectivity index (χ4v) is 4.74. The Labute approximate surface area is 124 Å². The fraction of sp³-hybridized carbons (Fsp3) is 0.929. The van der Waals surface area contributed by atoms with Crippen molar-refractivity contribution in [2.24, 2.45) is 5.73 Å². The van der Waals surface area contributed by atoms with Crippen molar-refractivity contribution in [3.63, 3.8) is 0 Å². The van der Waals surface area contributed by atoms with E-state index in [4.69, 9.17) is 19.0 Å². The molecule has 6 heteroatoms. The van der Waals surface area contributed by atoms with E-state index in [1.807, 2.05) is 0 Å². The van der Waals surface area contributed by atoms with Gasteiger partial charge in [0.1, 0.15) is 5.54 Å². The number of carbonyl (C=O) groups excluding carboxylic acids is 1. The summed E-state index contributed by atoms with van der Waals surface area (Å²) < 4.78 is 16.1. The molecule has 0 heterocycles. The summed E-state index contributed by atoms with van der Waals surface area (Å²) in [6.07, 6.45) is 9.04. The van der Waals surface area contributed by atoms with Crippen LogP contribution in [0, 0.1) is 0 Å². The minimum absolute atomic E-state index is 0.395. The fourth-order valence-electron chi connectivity index (χ4n) is 2.48. The highest BCUT2D eigenvalue weighted by atomic mass is 28.4. The minimum Gasteiger partial charge on any atom is -0.376 e. The average Bonchev–Trinajstić information content (AvgIpc) is 2.45. The Morgan fingerprint density at radius 1 is 0.950 bits per heavy atom. The number of primary amides is 1. The highest BCUT2D eigenvalue weighted by Gasteiger charge is 2.50. The maximum Gasteiger partial charge on any atom is 0.513 e. The van der Waals surface area contributed by atoms with Gasteiger partial charge in [-0.15, -0.1) is 0 Å². The van der Waals surface area contributed by atoms with Crippen molar-refractivity contribution >= 4 is 14.7 Å². The first-order valence-corrected chi connectivity index (χ1v) is 9.32. The van der Waals surface area contributed by atoms with Crippen LogP contribution in [0.3, 0.4) is 0 Å². The van der Waals surface area contributed by atoms with E-state index in [2.05, 4.69) is 6.92 Å². The molecule has 0 aromatic heterocycles. The lowest BCUT2D eigenvalue weighted by Crippen LogP contribution is -2.52. The summed E-state index contributed by atoms with van der Waals surface area (Å²) in [5.74, 6) is -0.395. The van der Waals surface area contributed by atoms with Crippen molar-refractivity contribution in [2.45, 2.75) is 63.8 Å². The molecule has 0 radical (unpaired) electrons. The first-order valence-electron chi connectivity index (χ1n) is 7.52. The van der Waals surface area contributed by atoms with E-state index in [1.54, 1.807) is 0 Å². The smallest absolute Gasteiger partial charge is 0.376 e. The largest absolute Gasteiger partial charge is 0.513 e. The third-order valence-electron chi connectivity index (χ3n) is 3.72. The number of rotatable bonds is 13. The zero-order valence-electron chi connectivity index (χ0n) is 13.4. The van der Waals surface area contributed by atoms with E-state index in [0.29, 0.717) is 6.42 Å². The minimum atomic E-state index is -2.97. The van der Waals surface area contributed by atoms with Crippen LogP contribution < -0.4 is 5.73 Å². The van der Waals surface area contributed by atoms with Crippen LogP contribution in [0.1, 0.15) is 58.3 Å². The molecule has 0 saturated heterocycles. The summed E-state index contributed by atoms with van der Waals surface area (Å²) in [5, 5.41) is 0. The summed E-state index contributed by atoms with van der Waals surface area (Å²) in [7, 11) is 1.58. The van der Waals surface area contributed by atoms with Crippen LogP contribution in [0.4, 0.5) is 0 Å². The molecular formula is C14H31NO4Si. The molecule has 0 aliphatic carbocycles. The van der Waals surface area contributed by atoms with E-state index in [-0.39, 0.29) is 0 Å².